The average molecular weight is 281 g/mol. The van der Waals surface area contributed by atoms with Crippen LogP contribution in [0.1, 0.15) is 12.0 Å². The molecule has 18 heavy (non-hydrogen) atoms. The Labute approximate surface area is 114 Å². The van der Waals surface area contributed by atoms with Crippen LogP contribution in [-0.4, -0.2) is 26.8 Å². The lowest BCUT2D eigenvalue weighted by molar-refractivity contribution is 0.0431. The minimum Gasteiger partial charge on any atom is -0.384 e. The van der Waals surface area contributed by atoms with E-state index < -0.39 is 5.60 Å². The third-order valence-electron chi connectivity index (χ3n) is 2.73. The van der Waals surface area contributed by atoms with Gasteiger partial charge in [0.15, 0.2) is 4.34 Å². The molecule has 0 amide bonds. The lowest BCUT2D eigenvalue weighted by Crippen LogP contribution is -2.35. The van der Waals surface area contributed by atoms with E-state index in [-0.39, 0.29) is 6.54 Å². The highest BCUT2D eigenvalue weighted by molar-refractivity contribution is 8.00. The summed E-state index contributed by atoms with van der Waals surface area (Å²) in [5, 5.41) is 10.5. The Morgan fingerprint density at radius 3 is 2.72 bits per heavy atom. The number of hydrogen-bond acceptors (Lipinski definition) is 6. The summed E-state index contributed by atoms with van der Waals surface area (Å²) in [6, 6.07) is 9.56. The van der Waals surface area contributed by atoms with Gasteiger partial charge in [-0.15, -0.1) is 0 Å². The lowest BCUT2D eigenvalue weighted by atomic mass is 9.91. The molecule has 4 nitrogen and oxygen atoms in total. The average Bonchev–Trinajstić information content (AvgIpc) is 2.93. The standard InChI is InChI=1S/C12H15N3OS2/c13-8-12(16,10-4-2-1-3-5-10)6-7-17-11-14-9-15-18-11/h1-5,9,16H,6-8,13H2. The quantitative estimate of drug-likeness (QED) is 0.791. The van der Waals surface area contributed by atoms with Crippen molar-refractivity contribution in [3.8, 4) is 0 Å². The molecule has 0 aliphatic heterocycles. The molecule has 6 heteroatoms. The van der Waals surface area contributed by atoms with Crippen molar-refractivity contribution in [2.45, 2.75) is 16.4 Å². The third-order valence-corrected chi connectivity index (χ3v) is 4.53. The number of thioether (sulfide) groups is 1. The Morgan fingerprint density at radius 2 is 2.11 bits per heavy atom. The van der Waals surface area contributed by atoms with Crippen LogP contribution in [0.5, 0.6) is 0 Å². The monoisotopic (exact) mass is 281 g/mol. The molecule has 1 aromatic heterocycles. The van der Waals surface area contributed by atoms with Gasteiger partial charge in [-0.2, -0.15) is 4.37 Å². The van der Waals surface area contributed by atoms with Gasteiger partial charge in [-0.1, -0.05) is 42.1 Å². The Balaban J connectivity index is 1.96. The van der Waals surface area contributed by atoms with Crippen LogP contribution in [0.3, 0.4) is 0 Å². The molecule has 0 saturated heterocycles. The van der Waals surface area contributed by atoms with E-state index in [0.29, 0.717) is 6.42 Å². The van der Waals surface area contributed by atoms with Crippen molar-refractivity contribution in [1.29, 1.82) is 0 Å². The Morgan fingerprint density at radius 1 is 1.33 bits per heavy atom. The minimum atomic E-state index is -0.959. The van der Waals surface area contributed by atoms with E-state index in [1.807, 2.05) is 30.3 Å². The molecule has 0 bridgehead atoms. The Kier molecular flexibility index (Phi) is 4.71. The molecule has 0 radical (unpaired) electrons. The summed E-state index contributed by atoms with van der Waals surface area (Å²) < 4.78 is 4.86. The highest BCUT2D eigenvalue weighted by atomic mass is 32.2. The number of rotatable bonds is 6. The van der Waals surface area contributed by atoms with E-state index in [1.165, 1.54) is 11.5 Å². The second kappa shape index (κ2) is 6.29. The van der Waals surface area contributed by atoms with Crippen molar-refractivity contribution >= 4 is 23.3 Å². The van der Waals surface area contributed by atoms with Gasteiger partial charge in [-0.3, -0.25) is 0 Å². The van der Waals surface area contributed by atoms with Crippen molar-refractivity contribution in [1.82, 2.24) is 9.36 Å². The molecule has 1 aromatic carbocycles. The second-order valence-corrected chi connectivity index (χ2v) is 6.03. The maximum absolute atomic E-state index is 10.5. The van der Waals surface area contributed by atoms with Crippen molar-refractivity contribution < 1.29 is 5.11 Å². The fourth-order valence-corrected chi connectivity index (χ4v) is 3.25. The molecule has 0 saturated carbocycles. The highest BCUT2D eigenvalue weighted by Gasteiger charge is 2.26. The van der Waals surface area contributed by atoms with E-state index in [9.17, 15) is 5.11 Å². The fraction of sp³-hybridized carbons (Fsp3) is 0.333. The number of aromatic nitrogens is 2. The third kappa shape index (κ3) is 3.29. The first-order valence-corrected chi connectivity index (χ1v) is 7.38. The normalized spacial score (nSPS) is 14.3. The van der Waals surface area contributed by atoms with Crippen LogP contribution in [0.4, 0.5) is 0 Å². The second-order valence-electron chi connectivity index (χ2n) is 3.91. The number of nitrogens with zero attached hydrogens (tertiary/aromatic N) is 2. The van der Waals surface area contributed by atoms with Crippen LogP contribution in [0.25, 0.3) is 0 Å². The van der Waals surface area contributed by atoms with Crippen LogP contribution in [-0.2, 0) is 5.60 Å². The number of hydrogen-bond donors (Lipinski definition) is 2. The molecule has 2 aromatic rings. The van der Waals surface area contributed by atoms with Gasteiger partial charge in [0, 0.05) is 12.3 Å². The van der Waals surface area contributed by atoms with Crippen LogP contribution in [0, 0.1) is 0 Å². The minimum absolute atomic E-state index is 0.216. The molecular formula is C12H15N3OS2. The summed E-state index contributed by atoms with van der Waals surface area (Å²) >= 11 is 2.96. The number of nitrogens with two attached hydrogens (primary N) is 1. The van der Waals surface area contributed by atoms with Crippen LogP contribution < -0.4 is 5.73 Å². The van der Waals surface area contributed by atoms with E-state index >= 15 is 0 Å². The van der Waals surface area contributed by atoms with Gasteiger partial charge in [0.2, 0.25) is 0 Å². The van der Waals surface area contributed by atoms with Crippen LogP contribution in [0.15, 0.2) is 41.0 Å². The maximum Gasteiger partial charge on any atom is 0.169 e. The smallest absolute Gasteiger partial charge is 0.169 e. The highest BCUT2D eigenvalue weighted by Crippen LogP contribution is 2.28. The van der Waals surface area contributed by atoms with Crippen LogP contribution >= 0.6 is 23.3 Å². The van der Waals surface area contributed by atoms with E-state index in [0.717, 1.165) is 15.7 Å². The first kappa shape index (κ1) is 13.5. The fourth-order valence-electron chi connectivity index (χ4n) is 1.65. The topological polar surface area (TPSA) is 72.0 Å². The number of aliphatic hydroxyl groups is 1. The van der Waals surface area contributed by atoms with Gasteiger partial charge in [-0.05, 0) is 23.5 Å². The zero-order valence-electron chi connectivity index (χ0n) is 9.82. The Hall–Kier alpha value is -0.950. The molecule has 2 rings (SSSR count). The molecule has 96 valence electrons. The summed E-state index contributed by atoms with van der Waals surface area (Å²) in [6.45, 7) is 0.216. The van der Waals surface area contributed by atoms with E-state index in [2.05, 4.69) is 9.36 Å². The summed E-state index contributed by atoms with van der Waals surface area (Å²) in [7, 11) is 0. The number of benzene rings is 1. The molecule has 3 N–H and O–H groups in total. The first-order valence-electron chi connectivity index (χ1n) is 5.62. The molecule has 1 heterocycles. The molecule has 0 fully saturated rings. The van der Waals surface area contributed by atoms with Crippen molar-refractivity contribution in [3.63, 3.8) is 0 Å². The molecular weight excluding hydrogens is 266 g/mol. The van der Waals surface area contributed by atoms with E-state index in [1.54, 1.807) is 18.1 Å². The maximum atomic E-state index is 10.5. The van der Waals surface area contributed by atoms with Crippen LogP contribution in [0.2, 0.25) is 0 Å². The van der Waals surface area contributed by atoms with Gasteiger partial charge in [0.05, 0.1) is 0 Å². The summed E-state index contributed by atoms with van der Waals surface area (Å²) in [5.41, 5.74) is 5.62. The summed E-state index contributed by atoms with van der Waals surface area (Å²) in [6.07, 6.45) is 2.14. The lowest BCUT2D eigenvalue weighted by Gasteiger charge is -2.26. The van der Waals surface area contributed by atoms with Crippen molar-refractivity contribution in [3.05, 3.63) is 42.2 Å². The van der Waals surface area contributed by atoms with Gasteiger partial charge in [-0.25, -0.2) is 4.98 Å². The van der Waals surface area contributed by atoms with Crippen molar-refractivity contribution in [2.75, 3.05) is 12.3 Å². The zero-order chi connectivity index (χ0) is 12.8. The predicted octanol–water partition coefficient (Wildman–Crippen LogP) is 1.87. The summed E-state index contributed by atoms with van der Waals surface area (Å²) in [5.74, 6) is 0.762. The van der Waals surface area contributed by atoms with Crippen molar-refractivity contribution in [2.24, 2.45) is 5.73 Å². The van der Waals surface area contributed by atoms with Gasteiger partial charge < -0.3 is 10.8 Å². The molecule has 1 atom stereocenters. The van der Waals surface area contributed by atoms with Gasteiger partial charge in [0.1, 0.15) is 11.9 Å². The summed E-state index contributed by atoms with van der Waals surface area (Å²) in [4.78, 5) is 4.09. The molecule has 0 aliphatic carbocycles. The van der Waals surface area contributed by atoms with E-state index in [4.69, 9.17) is 5.73 Å². The largest absolute Gasteiger partial charge is 0.384 e. The molecule has 1 unspecified atom stereocenters. The van der Waals surface area contributed by atoms with Gasteiger partial charge in [0.25, 0.3) is 0 Å². The predicted molar refractivity (Wildman–Crippen MR) is 74.6 cm³/mol. The SMILES string of the molecule is NCC(O)(CCSc1ncns1)c1ccccc1. The molecule has 0 spiro atoms. The first-order chi connectivity index (χ1) is 8.74. The molecule has 0 aliphatic rings. The van der Waals surface area contributed by atoms with Gasteiger partial charge >= 0.3 is 0 Å². The zero-order valence-corrected chi connectivity index (χ0v) is 11.5. The Bertz CT molecular complexity index is 463.